The fraction of sp³-hybridized carbons (Fsp3) is 1.00. The van der Waals surface area contributed by atoms with Gasteiger partial charge in [0, 0.05) is 13.2 Å². The monoisotopic (exact) mass is 438 g/mol. The minimum Gasteiger partial charge on any atom is -0.381 e. The molecule has 31 heavy (non-hydrogen) atoms. The molecule has 3 saturated heterocycles. The molecule has 186 valence electrons. The molecule has 3 heteroatoms. The van der Waals surface area contributed by atoms with Crippen molar-refractivity contribution in [3.8, 4) is 0 Å². The molecule has 0 bridgehead atoms. The number of nitrogens with zero attached hydrogens (tertiary/aromatic N) is 1. The maximum absolute atomic E-state index is 5.29. The fourth-order valence-corrected chi connectivity index (χ4v) is 5.13. The standard InChI is InChI=1S/C10H21N.C9H19N.C9H18O/c1-10(2,3)9-5-7-11(4)8-6-9;2*1-9(2,3)8-4-6-10-7-5-8/h9H,5-8H2,1-4H3;8,10H,4-7H2,1-3H3;8H,4-7H2,1-3H3. The summed E-state index contributed by atoms with van der Waals surface area (Å²) < 4.78 is 5.29. The molecule has 3 heterocycles. The number of rotatable bonds is 0. The van der Waals surface area contributed by atoms with Gasteiger partial charge in [0.05, 0.1) is 0 Å². The molecular weight excluding hydrogens is 380 g/mol. The second kappa shape index (κ2) is 12.9. The van der Waals surface area contributed by atoms with Gasteiger partial charge in [-0.3, -0.25) is 0 Å². The van der Waals surface area contributed by atoms with Crippen molar-refractivity contribution < 1.29 is 4.74 Å². The first kappa shape index (κ1) is 28.9. The molecule has 3 fully saturated rings. The zero-order valence-corrected chi connectivity index (χ0v) is 23.1. The molecule has 1 N–H and O–H groups in total. The Morgan fingerprint density at radius 1 is 0.581 bits per heavy atom. The summed E-state index contributed by atoms with van der Waals surface area (Å²) in [6.45, 7) is 28.1. The molecule has 0 aromatic carbocycles. The van der Waals surface area contributed by atoms with Gasteiger partial charge in [-0.15, -0.1) is 0 Å². The van der Waals surface area contributed by atoms with E-state index in [0.29, 0.717) is 16.2 Å². The molecule has 0 atom stereocenters. The zero-order valence-electron chi connectivity index (χ0n) is 23.1. The number of nitrogens with one attached hydrogen (secondary N) is 1. The highest BCUT2D eigenvalue weighted by Gasteiger charge is 2.28. The first-order chi connectivity index (χ1) is 14.2. The van der Waals surface area contributed by atoms with E-state index in [1.807, 2.05) is 0 Å². The van der Waals surface area contributed by atoms with Crippen LogP contribution in [0.1, 0.15) is 101 Å². The number of likely N-dealkylation sites (tertiary alicyclic amines) is 1. The second-order valence-electron chi connectivity index (χ2n) is 13.6. The summed E-state index contributed by atoms with van der Waals surface area (Å²) in [6, 6.07) is 0. The smallest absolute Gasteiger partial charge is 0.0468 e. The van der Waals surface area contributed by atoms with Crippen LogP contribution in [0.4, 0.5) is 0 Å². The number of hydrogen-bond donors (Lipinski definition) is 1. The van der Waals surface area contributed by atoms with Gasteiger partial charge in [0.15, 0.2) is 0 Å². The zero-order chi connectivity index (χ0) is 23.7. The quantitative estimate of drug-likeness (QED) is 0.447. The molecule has 3 rings (SSSR count). The Morgan fingerprint density at radius 2 is 0.935 bits per heavy atom. The van der Waals surface area contributed by atoms with E-state index in [2.05, 4.69) is 79.6 Å². The van der Waals surface area contributed by atoms with Crippen LogP contribution in [0.2, 0.25) is 0 Å². The third kappa shape index (κ3) is 12.1. The minimum absolute atomic E-state index is 0.490. The summed E-state index contributed by atoms with van der Waals surface area (Å²) in [6.07, 6.45) is 8.01. The molecule has 0 amide bonds. The molecule has 0 aromatic heterocycles. The third-order valence-corrected chi connectivity index (χ3v) is 7.95. The largest absolute Gasteiger partial charge is 0.381 e. The number of ether oxygens (including phenoxy) is 1. The lowest BCUT2D eigenvalue weighted by molar-refractivity contribution is 0.0286. The highest BCUT2D eigenvalue weighted by Crippen LogP contribution is 2.34. The maximum Gasteiger partial charge on any atom is 0.0468 e. The Hall–Kier alpha value is -0.120. The van der Waals surface area contributed by atoms with Gasteiger partial charge in [0.25, 0.3) is 0 Å². The van der Waals surface area contributed by atoms with Gasteiger partial charge in [0.2, 0.25) is 0 Å². The van der Waals surface area contributed by atoms with Crippen LogP contribution >= 0.6 is 0 Å². The molecule has 0 aliphatic carbocycles. The first-order valence-corrected chi connectivity index (χ1v) is 13.2. The normalized spacial score (nSPS) is 23.4. The van der Waals surface area contributed by atoms with Crippen molar-refractivity contribution >= 4 is 0 Å². The Balaban J connectivity index is 0.000000233. The molecule has 3 aliphatic rings. The average molecular weight is 439 g/mol. The van der Waals surface area contributed by atoms with E-state index >= 15 is 0 Å². The van der Waals surface area contributed by atoms with Gasteiger partial charge >= 0.3 is 0 Å². The summed E-state index contributed by atoms with van der Waals surface area (Å²) in [5.41, 5.74) is 1.55. The lowest BCUT2D eigenvalue weighted by Gasteiger charge is -2.37. The Kier molecular flexibility index (Phi) is 12.1. The van der Waals surface area contributed by atoms with Crippen LogP contribution in [0, 0.1) is 34.0 Å². The van der Waals surface area contributed by atoms with Crippen LogP contribution in [0.3, 0.4) is 0 Å². The van der Waals surface area contributed by atoms with E-state index in [1.54, 1.807) is 0 Å². The van der Waals surface area contributed by atoms with Crippen molar-refractivity contribution in [1.29, 1.82) is 0 Å². The predicted molar refractivity (Wildman–Crippen MR) is 138 cm³/mol. The van der Waals surface area contributed by atoms with E-state index in [-0.39, 0.29) is 0 Å². The Morgan fingerprint density at radius 3 is 1.26 bits per heavy atom. The van der Waals surface area contributed by atoms with E-state index in [0.717, 1.165) is 31.0 Å². The summed E-state index contributed by atoms with van der Waals surface area (Å²) >= 11 is 0. The summed E-state index contributed by atoms with van der Waals surface area (Å²) in [5, 5.41) is 3.39. The number of hydrogen-bond acceptors (Lipinski definition) is 3. The van der Waals surface area contributed by atoms with Gasteiger partial charge in [-0.1, -0.05) is 62.3 Å². The first-order valence-electron chi connectivity index (χ1n) is 13.2. The molecule has 0 saturated carbocycles. The molecule has 3 aliphatic heterocycles. The highest BCUT2D eigenvalue weighted by molar-refractivity contribution is 4.80. The van der Waals surface area contributed by atoms with Crippen LogP contribution in [-0.2, 0) is 4.74 Å². The van der Waals surface area contributed by atoms with Crippen molar-refractivity contribution in [2.45, 2.75) is 101 Å². The predicted octanol–water partition coefficient (Wildman–Crippen LogP) is 6.87. The topological polar surface area (TPSA) is 24.5 Å². The van der Waals surface area contributed by atoms with Crippen molar-refractivity contribution in [2.24, 2.45) is 34.0 Å². The van der Waals surface area contributed by atoms with Crippen molar-refractivity contribution in [3.63, 3.8) is 0 Å². The van der Waals surface area contributed by atoms with Crippen molar-refractivity contribution in [3.05, 3.63) is 0 Å². The van der Waals surface area contributed by atoms with Crippen LogP contribution in [-0.4, -0.2) is 51.3 Å². The second-order valence-corrected chi connectivity index (χ2v) is 13.6. The molecule has 3 nitrogen and oxygen atoms in total. The Bertz CT molecular complexity index is 421. The van der Waals surface area contributed by atoms with Gasteiger partial charge in [-0.05, 0) is 106 Å². The van der Waals surface area contributed by atoms with Crippen LogP contribution in [0.15, 0.2) is 0 Å². The molecule has 0 spiro atoms. The highest BCUT2D eigenvalue weighted by atomic mass is 16.5. The maximum atomic E-state index is 5.29. The molecule has 0 unspecified atom stereocenters. The third-order valence-electron chi connectivity index (χ3n) is 7.95. The van der Waals surface area contributed by atoms with E-state index in [1.165, 1.54) is 64.7 Å². The lowest BCUT2D eigenvalue weighted by Crippen LogP contribution is -2.35. The molecule has 0 radical (unpaired) electrons. The number of piperidine rings is 2. The Labute approximate surface area is 196 Å². The fourth-order valence-electron chi connectivity index (χ4n) is 5.13. The van der Waals surface area contributed by atoms with Gasteiger partial charge in [-0.25, -0.2) is 0 Å². The van der Waals surface area contributed by atoms with E-state index in [4.69, 9.17) is 4.74 Å². The molecular formula is C28H58N2O. The molecule has 0 aromatic rings. The summed E-state index contributed by atoms with van der Waals surface area (Å²) in [7, 11) is 2.22. The lowest BCUT2D eigenvalue weighted by atomic mass is 9.75. The van der Waals surface area contributed by atoms with E-state index in [9.17, 15) is 0 Å². The van der Waals surface area contributed by atoms with Crippen LogP contribution < -0.4 is 5.32 Å². The van der Waals surface area contributed by atoms with Crippen molar-refractivity contribution in [1.82, 2.24) is 10.2 Å². The SMILES string of the molecule is CC(C)(C)C1CCNCC1.CC(C)(C)C1CCOCC1.CN1CCC(C(C)(C)C)CC1. The van der Waals surface area contributed by atoms with Crippen LogP contribution in [0.5, 0.6) is 0 Å². The average Bonchev–Trinajstić information content (AvgIpc) is 2.69. The van der Waals surface area contributed by atoms with Gasteiger partial charge in [0.1, 0.15) is 0 Å². The van der Waals surface area contributed by atoms with E-state index < -0.39 is 0 Å². The minimum atomic E-state index is 0.490. The van der Waals surface area contributed by atoms with Gasteiger partial charge in [-0.2, -0.15) is 0 Å². The van der Waals surface area contributed by atoms with Crippen LogP contribution in [0.25, 0.3) is 0 Å². The summed E-state index contributed by atoms with van der Waals surface area (Å²) in [5.74, 6) is 2.76. The van der Waals surface area contributed by atoms with Crippen molar-refractivity contribution in [2.75, 3.05) is 46.4 Å². The summed E-state index contributed by atoms with van der Waals surface area (Å²) in [4.78, 5) is 2.43. The van der Waals surface area contributed by atoms with Gasteiger partial charge < -0.3 is 15.0 Å².